The molecule has 0 spiro atoms. The summed E-state index contributed by atoms with van der Waals surface area (Å²) < 4.78 is 12.6. The number of nitrogens with zero attached hydrogens (tertiary/aromatic N) is 2. The highest BCUT2D eigenvalue weighted by molar-refractivity contribution is 5.07. The van der Waals surface area contributed by atoms with Crippen molar-refractivity contribution in [3.63, 3.8) is 0 Å². The van der Waals surface area contributed by atoms with Gasteiger partial charge >= 0.3 is 0 Å². The van der Waals surface area contributed by atoms with E-state index in [1.807, 2.05) is 12.5 Å². The van der Waals surface area contributed by atoms with E-state index in [1.54, 1.807) is 7.11 Å². The zero-order valence-electron chi connectivity index (χ0n) is 10.4. The molecule has 1 fully saturated rings. The summed E-state index contributed by atoms with van der Waals surface area (Å²) >= 11 is 0. The van der Waals surface area contributed by atoms with Gasteiger partial charge in [0.05, 0.1) is 31.8 Å². The molecule has 5 nitrogen and oxygen atoms in total. The third-order valence-corrected chi connectivity index (χ3v) is 3.07. The van der Waals surface area contributed by atoms with E-state index >= 15 is 0 Å². The number of hydrogen-bond acceptors (Lipinski definition) is 4. The highest BCUT2D eigenvalue weighted by Crippen LogP contribution is 2.22. The second-order valence-electron chi connectivity index (χ2n) is 4.27. The number of aromatic nitrogens is 2. The Kier molecular flexibility index (Phi) is 4.97. The fraction of sp³-hybridized carbons (Fsp3) is 0.750. The van der Waals surface area contributed by atoms with Crippen molar-refractivity contribution >= 4 is 0 Å². The standard InChI is InChI=1S/C12H21N3O2/c1-16-7-8-17-6-5-15-10-13-9-12(15)11-3-2-4-14-11/h9-11,14H,2-8H2,1H3/t11-/m0/s1. The molecule has 0 saturated carbocycles. The predicted octanol–water partition coefficient (Wildman–Crippen LogP) is 0.971. The smallest absolute Gasteiger partial charge is 0.0949 e. The van der Waals surface area contributed by atoms with Crippen LogP contribution in [0.2, 0.25) is 0 Å². The summed E-state index contributed by atoms with van der Waals surface area (Å²) in [5.74, 6) is 0. The van der Waals surface area contributed by atoms with Crippen LogP contribution in [0.4, 0.5) is 0 Å². The van der Waals surface area contributed by atoms with Crippen molar-refractivity contribution in [2.45, 2.75) is 25.4 Å². The van der Waals surface area contributed by atoms with E-state index in [9.17, 15) is 0 Å². The highest BCUT2D eigenvalue weighted by Gasteiger charge is 2.19. The van der Waals surface area contributed by atoms with E-state index in [1.165, 1.54) is 18.5 Å². The lowest BCUT2D eigenvalue weighted by molar-refractivity contribution is 0.0662. The lowest BCUT2D eigenvalue weighted by Crippen LogP contribution is -2.18. The molecular formula is C12H21N3O2. The summed E-state index contributed by atoms with van der Waals surface area (Å²) in [6, 6.07) is 0.469. The molecule has 0 aromatic carbocycles. The Morgan fingerprint density at radius 3 is 3.18 bits per heavy atom. The summed E-state index contributed by atoms with van der Waals surface area (Å²) in [6.07, 6.45) is 6.30. The van der Waals surface area contributed by atoms with Crippen molar-refractivity contribution in [1.29, 1.82) is 0 Å². The van der Waals surface area contributed by atoms with Crippen LogP contribution in [0, 0.1) is 0 Å². The van der Waals surface area contributed by atoms with E-state index in [-0.39, 0.29) is 0 Å². The Labute approximate surface area is 102 Å². The normalized spacial score (nSPS) is 19.9. The maximum atomic E-state index is 5.47. The van der Waals surface area contributed by atoms with Gasteiger partial charge in [0, 0.05) is 25.9 Å². The molecule has 1 atom stereocenters. The minimum absolute atomic E-state index is 0.469. The number of ether oxygens (including phenoxy) is 2. The Hall–Kier alpha value is -0.910. The Morgan fingerprint density at radius 2 is 2.41 bits per heavy atom. The zero-order chi connectivity index (χ0) is 11.9. The molecule has 2 rings (SSSR count). The lowest BCUT2D eigenvalue weighted by Gasteiger charge is -2.13. The monoisotopic (exact) mass is 239 g/mol. The first-order valence-electron chi connectivity index (χ1n) is 6.22. The van der Waals surface area contributed by atoms with Crippen LogP contribution >= 0.6 is 0 Å². The van der Waals surface area contributed by atoms with Crippen LogP contribution in [0.3, 0.4) is 0 Å². The van der Waals surface area contributed by atoms with Gasteiger partial charge in [-0.1, -0.05) is 0 Å². The van der Waals surface area contributed by atoms with Gasteiger partial charge in [-0.2, -0.15) is 0 Å². The largest absolute Gasteiger partial charge is 0.382 e. The van der Waals surface area contributed by atoms with Crippen LogP contribution in [0.5, 0.6) is 0 Å². The molecule has 1 aromatic rings. The maximum Gasteiger partial charge on any atom is 0.0949 e. The Morgan fingerprint density at radius 1 is 1.47 bits per heavy atom. The summed E-state index contributed by atoms with van der Waals surface area (Å²) in [5, 5.41) is 3.49. The molecule has 0 bridgehead atoms. The fourth-order valence-corrected chi connectivity index (χ4v) is 2.15. The van der Waals surface area contributed by atoms with Crippen molar-refractivity contribution in [1.82, 2.24) is 14.9 Å². The molecule has 2 heterocycles. The van der Waals surface area contributed by atoms with Crippen LogP contribution in [-0.4, -0.2) is 43.0 Å². The molecule has 96 valence electrons. The van der Waals surface area contributed by atoms with Gasteiger partial charge in [-0.25, -0.2) is 4.98 Å². The first-order valence-corrected chi connectivity index (χ1v) is 6.22. The van der Waals surface area contributed by atoms with Crippen molar-refractivity contribution < 1.29 is 9.47 Å². The molecule has 0 unspecified atom stereocenters. The number of hydrogen-bond donors (Lipinski definition) is 1. The summed E-state index contributed by atoms with van der Waals surface area (Å²) in [4.78, 5) is 4.22. The van der Waals surface area contributed by atoms with Gasteiger partial charge in [0.15, 0.2) is 0 Å². The molecule has 0 aliphatic carbocycles. The molecule has 1 aliphatic rings. The van der Waals surface area contributed by atoms with Crippen LogP contribution in [0.15, 0.2) is 12.5 Å². The highest BCUT2D eigenvalue weighted by atomic mass is 16.5. The lowest BCUT2D eigenvalue weighted by atomic mass is 10.2. The van der Waals surface area contributed by atoms with E-state index in [0.29, 0.717) is 25.9 Å². The number of methoxy groups -OCH3 is 1. The zero-order valence-corrected chi connectivity index (χ0v) is 10.4. The molecule has 17 heavy (non-hydrogen) atoms. The number of rotatable bonds is 7. The topological polar surface area (TPSA) is 48.3 Å². The predicted molar refractivity (Wildman–Crippen MR) is 64.9 cm³/mol. The first kappa shape index (κ1) is 12.5. The molecular weight excluding hydrogens is 218 g/mol. The van der Waals surface area contributed by atoms with Gasteiger partial charge in [0.2, 0.25) is 0 Å². The average Bonchev–Trinajstić information content (AvgIpc) is 2.98. The summed E-state index contributed by atoms with van der Waals surface area (Å²) in [5.41, 5.74) is 1.28. The minimum atomic E-state index is 0.469. The van der Waals surface area contributed by atoms with Crippen molar-refractivity contribution in [2.75, 3.05) is 33.5 Å². The van der Waals surface area contributed by atoms with Gasteiger partial charge in [-0.3, -0.25) is 0 Å². The Bertz CT molecular complexity index is 321. The molecule has 0 radical (unpaired) electrons. The quantitative estimate of drug-likeness (QED) is 0.720. The first-order chi connectivity index (χ1) is 8.42. The number of nitrogens with one attached hydrogen (secondary N) is 1. The van der Waals surface area contributed by atoms with E-state index in [4.69, 9.17) is 9.47 Å². The molecule has 0 amide bonds. The molecule has 1 N–H and O–H groups in total. The van der Waals surface area contributed by atoms with Crippen LogP contribution < -0.4 is 5.32 Å². The van der Waals surface area contributed by atoms with E-state index < -0.39 is 0 Å². The van der Waals surface area contributed by atoms with Crippen LogP contribution in [0.25, 0.3) is 0 Å². The molecule has 1 aromatic heterocycles. The van der Waals surface area contributed by atoms with E-state index in [2.05, 4.69) is 14.9 Å². The van der Waals surface area contributed by atoms with Crippen LogP contribution in [-0.2, 0) is 16.0 Å². The Balaban J connectivity index is 1.78. The van der Waals surface area contributed by atoms with Gasteiger partial charge < -0.3 is 19.4 Å². The minimum Gasteiger partial charge on any atom is -0.382 e. The average molecular weight is 239 g/mol. The molecule has 1 saturated heterocycles. The van der Waals surface area contributed by atoms with E-state index in [0.717, 1.165) is 13.1 Å². The summed E-state index contributed by atoms with van der Waals surface area (Å²) in [6.45, 7) is 3.99. The van der Waals surface area contributed by atoms with Gasteiger partial charge in [0.25, 0.3) is 0 Å². The molecule has 1 aliphatic heterocycles. The van der Waals surface area contributed by atoms with Gasteiger partial charge in [-0.15, -0.1) is 0 Å². The third-order valence-electron chi connectivity index (χ3n) is 3.07. The van der Waals surface area contributed by atoms with Gasteiger partial charge in [-0.05, 0) is 19.4 Å². The molecule has 5 heteroatoms. The second-order valence-corrected chi connectivity index (χ2v) is 4.27. The third kappa shape index (κ3) is 3.52. The second kappa shape index (κ2) is 6.74. The number of imidazole rings is 1. The summed E-state index contributed by atoms with van der Waals surface area (Å²) in [7, 11) is 1.68. The fourth-order valence-electron chi connectivity index (χ4n) is 2.15. The van der Waals surface area contributed by atoms with Crippen molar-refractivity contribution in [3.8, 4) is 0 Å². The van der Waals surface area contributed by atoms with Gasteiger partial charge in [0.1, 0.15) is 0 Å². The van der Waals surface area contributed by atoms with Crippen molar-refractivity contribution in [3.05, 3.63) is 18.2 Å². The van der Waals surface area contributed by atoms with Crippen LogP contribution in [0.1, 0.15) is 24.6 Å². The maximum absolute atomic E-state index is 5.47. The SMILES string of the molecule is COCCOCCn1cncc1[C@@H]1CCCN1. The van der Waals surface area contributed by atoms with Crippen molar-refractivity contribution in [2.24, 2.45) is 0 Å².